The second-order valence-corrected chi connectivity index (χ2v) is 9.21. The van der Waals surface area contributed by atoms with Gasteiger partial charge in [-0.05, 0) is 41.3 Å². The van der Waals surface area contributed by atoms with Crippen molar-refractivity contribution in [1.29, 1.82) is 0 Å². The first-order valence-corrected chi connectivity index (χ1v) is 12.3. The molecule has 1 N–H and O–H groups in total. The van der Waals surface area contributed by atoms with E-state index in [0.717, 1.165) is 17.5 Å². The normalized spacial score (nSPS) is 11.6. The van der Waals surface area contributed by atoms with Gasteiger partial charge < -0.3 is 10.2 Å². The quantitative estimate of drug-likeness (QED) is 0.340. The maximum Gasteiger partial charge on any atom is 0.243 e. The Morgan fingerprint density at radius 3 is 2.12 bits per heavy atom. The van der Waals surface area contributed by atoms with E-state index in [1.54, 1.807) is 29.2 Å². The van der Waals surface area contributed by atoms with Gasteiger partial charge in [0, 0.05) is 34.6 Å². The van der Waals surface area contributed by atoms with Gasteiger partial charge in [0.2, 0.25) is 11.8 Å². The third kappa shape index (κ3) is 6.99. The van der Waals surface area contributed by atoms with Crippen molar-refractivity contribution in [2.24, 2.45) is 0 Å². The summed E-state index contributed by atoms with van der Waals surface area (Å²) in [6.45, 7) is 2.69. The van der Waals surface area contributed by atoms with E-state index in [0.29, 0.717) is 33.6 Å². The zero-order valence-electron chi connectivity index (χ0n) is 18.9. The smallest absolute Gasteiger partial charge is 0.243 e. The molecule has 0 heterocycles. The molecule has 2 amide bonds. The molecular formula is C27H27Cl3N2O2. The largest absolute Gasteiger partial charge is 0.354 e. The summed E-state index contributed by atoms with van der Waals surface area (Å²) in [5, 5.41) is 4.31. The van der Waals surface area contributed by atoms with E-state index in [1.165, 1.54) is 0 Å². The molecule has 0 aliphatic heterocycles. The molecule has 4 nitrogen and oxygen atoms in total. The van der Waals surface area contributed by atoms with Gasteiger partial charge in [-0.25, -0.2) is 0 Å². The minimum absolute atomic E-state index is 0.0324. The molecule has 3 aromatic rings. The Bertz CT molecular complexity index is 1100. The molecule has 0 saturated heterocycles. The van der Waals surface area contributed by atoms with Crippen molar-refractivity contribution in [2.75, 3.05) is 6.54 Å². The number of carbonyl (C=O) groups is 2. The molecule has 0 aromatic heterocycles. The minimum atomic E-state index is -0.737. The number of nitrogens with zero attached hydrogens (tertiary/aromatic N) is 1. The maximum absolute atomic E-state index is 13.7. The molecule has 34 heavy (non-hydrogen) atoms. The summed E-state index contributed by atoms with van der Waals surface area (Å²) in [5.74, 6) is -0.473. The Hall–Kier alpha value is -2.53. The van der Waals surface area contributed by atoms with Crippen molar-refractivity contribution in [3.8, 4) is 0 Å². The third-order valence-electron chi connectivity index (χ3n) is 5.51. The summed E-state index contributed by atoms with van der Waals surface area (Å²) in [7, 11) is 0. The zero-order chi connectivity index (χ0) is 24.5. The SMILES string of the molecule is CCCNC(=O)[C@H](Cc1ccccc1)N(Cc1ccccc1Cl)C(=O)Cc1c(Cl)cccc1Cl. The molecule has 3 rings (SSSR count). The topological polar surface area (TPSA) is 49.4 Å². The Balaban J connectivity index is 2.00. The standard InChI is InChI=1S/C27H27Cl3N2O2/c1-2-15-31-27(34)25(16-19-9-4-3-5-10-19)32(18-20-11-6-7-12-22(20)28)26(33)17-21-23(29)13-8-14-24(21)30/h3-14,25H,2,15-18H2,1H3,(H,31,34)/t25-/m0/s1. The van der Waals surface area contributed by atoms with Crippen LogP contribution in [-0.2, 0) is 29.0 Å². The van der Waals surface area contributed by atoms with Gasteiger partial charge in [0.1, 0.15) is 6.04 Å². The van der Waals surface area contributed by atoms with Crippen molar-refractivity contribution in [3.63, 3.8) is 0 Å². The van der Waals surface area contributed by atoms with E-state index >= 15 is 0 Å². The van der Waals surface area contributed by atoms with E-state index in [1.807, 2.05) is 55.5 Å². The highest BCUT2D eigenvalue weighted by Crippen LogP contribution is 2.27. The number of nitrogens with one attached hydrogen (secondary N) is 1. The molecule has 0 aliphatic rings. The highest BCUT2D eigenvalue weighted by Gasteiger charge is 2.31. The van der Waals surface area contributed by atoms with Gasteiger partial charge in [0.15, 0.2) is 0 Å². The summed E-state index contributed by atoms with van der Waals surface area (Å²) < 4.78 is 0. The maximum atomic E-state index is 13.7. The highest BCUT2D eigenvalue weighted by molar-refractivity contribution is 6.36. The second-order valence-electron chi connectivity index (χ2n) is 7.99. The summed E-state index contributed by atoms with van der Waals surface area (Å²) in [6, 6.07) is 21.4. The molecule has 0 bridgehead atoms. The first kappa shape index (κ1) is 26.1. The number of hydrogen-bond acceptors (Lipinski definition) is 2. The Morgan fingerprint density at radius 2 is 1.47 bits per heavy atom. The van der Waals surface area contributed by atoms with Crippen molar-refractivity contribution < 1.29 is 9.59 Å². The van der Waals surface area contributed by atoms with Gasteiger partial charge in [-0.2, -0.15) is 0 Å². The van der Waals surface area contributed by atoms with Crippen LogP contribution in [0.4, 0.5) is 0 Å². The van der Waals surface area contributed by atoms with Gasteiger partial charge in [0.25, 0.3) is 0 Å². The van der Waals surface area contributed by atoms with Crippen LogP contribution in [0.25, 0.3) is 0 Å². The van der Waals surface area contributed by atoms with Crippen molar-refractivity contribution in [3.05, 3.63) is 105 Å². The molecule has 0 saturated carbocycles. The minimum Gasteiger partial charge on any atom is -0.354 e. The van der Waals surface area contributed by atoms with Crippen LogP contribution in [0.5, 0.6) is 0 Å². The fraction of sp³-hybridized carbons (Fsp3) is 0.259. The van der Waals surface area contributed by atoms with E-state index in [9.17, 15) is 9.59 Å². The van der Waals surface area contributed by atoms with Crippen LogP contribution >= 0.6 is 34.8 Å². The molecule has 178 valence electrons. The first-order valence-electron chi connectivity index (χ1n) is 11.2. The van der Waals surface area contributed by atoms with Crippen LogP contribution in [0.1, 0.15) is 30.0 Å². The van der Waals surface area contributed by atoms with Crippen molar-refractivity contribution >= 4 is 46.6 Å². The fourth-order valence-electron chi connectivity index (χ4n) is 3.68. The van der Waals surface area contributed by atoms with Gasteiger partial charge >= 0.3 is 0 Å². The van der Waals surface area contributed by atoms with Gasteiger partial charge in [-0.3, -0.25) is 9.59 Å². The molecule has 0 fully saturated rings. The number of carbonyl (C=O) groups excluding carboxylic acids is 2. The molecule has 7 heteroatoms. The lowest BCUT2D eigenvalue weighted by molar-refractivity contribution is -0.140. The van der Waals surface area contributed by atoms with Crippen LogP contribution in [0.2, 0.25) is 15.1 Å². The van der Waals surface area contributed by atoms with Crippen LogP contribution in [-0.4, -0.2) is 29.3 Å². The highest BCUT2D eigenvalue weighted by atomic mass is 35.5. The molecule has 3 aromatic carbocycles. The Labute approximate surface area is 215 Å². The van der Waals surface area contributed by atoms with E-state index in [-0.39, 0.29) is 24.8 Å². The average molecular weight is 518 g/mol. The zero-order valence-corrected chi connectivity index (χ0v) is 21.2. The van der Waals surface area contributed by atoms with Crippen LogP contribution in [0.15, 0.2) is 72.8 Å². The predicted molar refractivity (Wildman–Crippen MR) is 139 cm³/mol. The van der Waals surface area contributed by atoms with Crippen molar-refractivity contribution in [1.82, 2.24) is 10.2 Å². The second kappa shape index (κ2) is 12.8. The number of hydrogen-bond donors (Lipinski definition) is 1. The van der Waals surface area contributed by atoms with Crippen LogP contribution in [0.3, 0.4) is 0 Å². The molecule has 0 radical (unpaired) electrons. The third-order valence-corrected chi connectivity index (χ3v) is 6.59. The van der Waals surface area contributed by atoms with Gasteiger partial charge in [-0.1, -0.05) is 96.3 Å². The first-order chi connectivity index (χ1) is 16.4. The van der Waals surface area contributed by atoms with Gasteiger partial charge in [-0.15, -0.1) is 0 Å². The molecule has 0 aliphatic carbocycles. The lowest BCUT2D eigenvalue weighted by Gasteiger charge is -2.32. The number of halogens is 3. The van der Waals surface area contributed by atoms with Crippen LogP contribution < -0.4 is 5.32 Å². The average Bonchev–Trinajstić information content (AvgIpc) is 2.83. The Kier molecular flexibility index (Phi) is 9.82. The van der Waals surface area contributed by atoms with Crippen LogP contribution in [0, 0.1) is 0 Å². The molecule has 1 atom stereocenters. The lowest BCUT2D eigenvalue weighted by atomic mass is 10.0. The van der Waals surface area contributed by atoms with Crippen molar-refractivity contribution in [2.45, 2.75) is 38.8 Å². The number of benzene rings is 3. The number of amides is 2. The summed E-state index contributed by atoms with van der Waals surface area (Å²) in [6.07, 6.45) is 1.12. The van der Waals surface area contributed by atoms with E-state index in [2.05, 4.69) is 5.32 Å². The number of rotatable bonds is 10. The molecule has 0 unspecified atom stereocenters. The van der Waals surface area contributed by atoms with Gasteiger partial charge in [0.05, 0.1) is 6.42 Å². The summed E-state index contributed by atoms with van der Waals surface area (Å²) >= 11 is 19.1. The van der Waals surface area contributed by atoms with E-state index in [4.69, 9.17) is 34.8 Å². The molecular weight excluding hydrogens is 491 g/mol. The summed E-state index contributed by atoms with van der Waals surface area (Å²) in [5.41, 5.74) is 2.24. The molecule has 0 spiro atoms. The lowest BCUT2D eigenvalue weighted by Crippen LogP contribution is -2.51. The predicted octanol–water partition coefficient (Wildman–Crippen LogP) is 6.36. The monoisotopic (exact) mass is 516 g/mol. The Morgan fingerprint density at radius 1 is 0.853 bits per heavy atom. The van der Waals surface area contributed by atoms with E-state index < -0.39 is 6.04 Å². The fourth-order valence-corrected chi connectivity index (χ4v) is 4.41. The summed E-state index contributed by atoms with van der Waals surface area (Å²) in [4.78, 5) is 28.6.